The standard InChI is InChI=1S/C12H16S/c1-3-8-11(4-2)13-12-9-6-5-7-10-12/h5-10H,3-4H2,1-2H3/b11-8+. The van der Waals surface area contributed by atoms with Crippen molar-refractivity contribution in [1.82, 2.24) is 0 Å². The van der Waals surface area contributed by atoms with Crippen molar-refractivity contribution in [3.63, 3.8) is 0 Å². The lowest BCUT2D eigenvalue weighted by molar-refractivity contribution is 1.14. The summed E-state index contributed by atoms with van der Waals surface area (Å²) in [5, 5.41) is 0. The summed E-state index contributed by atoms with van der Waals surface area (Å²) < 4.78 is 0. The second-order valence-electron chi connectivity index (χ2n) is 2.85. The Morgan fingerprint density at radius 3 is 2.46 bits per heavy atom. The maximum atomic E-state index is 2.30. The van der Waals surface area contributed by atoms with E-state index in [0.29, 0.717) is 0 Å². The molecule has 1 rings (SSSR count). The lowest BCUT2D eigenvalue weighted by Gasteiger charge is -2.03. The molecule has 0 nitrogen and oxygen atoms in total. The number of hydrogen-bond acceptors (Lipinski definition) is 1. The fraction of sp³-hybridized carbons (Fsp3) is 0.333. The molecule has 0 amide bonds. The van der Waals surface area contributed by atoms with Crippen molar-refractivity contribution in [2.75, 3.05) is 0 Å². The van der Waals surface area contributed by atoms with E-state index in [4.69, 9.17) is 0 Å². The van der Waals surface area contributed by atoms with Gasteiger partial charge in [0.1, 0.15) is 0 Å². The van der Waals surface area contributed by atoms with E-state index < -0.39 is 0 Å². The summed E-state index contributed by atoms with van der Waals surface area (Å²) in [4.78, 5) is 2.80. The number of allylic oxidation sites excluding steroid dienone is 2. The van der Waals surface area contributed by atoms with Crippen LogP contribution in [-0.2, 0) is 0 Å². The Labute approximate surface area is 85.1 Å². The van der Waals surface area contributed by atoms with E-state index in [2.05, 4.69) is 50.3 Å². The van der Waals surface area contributed by atoms with Gasteiger partial charge in [0.2, 0.25) is 0 Å². The first-order valence-electron chi connectivity index (χ1n) is 4.78. The molecule has 0 radical (unpaired) electrons. The molecule has 0 unspecified atom stereocenters. The number of rotatable bonds is 4. The average molecular weight is 192 g/mol. The fourth-order valence-electron chi connectivity index (χ4n) is 1.13. The lowest BCUT2D eigenvalue weighted by Crippen LogP contribution is -1.75. The molecule has 0 aromatic heterocycles. The molecule has 70 valence electrons. The van der Waals surface area contributed by atoms with Crippen LogP contribution >= 0.6 is 11.8 Å². The normalized spacial score (nSPS) is 11.7. The van der Waals surface area contributed by atoms with E-state index in [-0.39, 0.29) is 0 Å². The van der Waals surface area contributed by atoms with Gasteiger partial charge in [-0.1, -0.05) is 49.9 Å². The Bertz CT molecular complexity index is 262. The van der Waals surface area contributed by atoms with Crippen LogP contribution < -0.4 is 0 Å². The summed E-state index contributed by atoms with van der Waals surface area (Å²) in [6.07, 6.45) is 4.56. The van der Waals surface area contributed by atoms with Gasteiger partial charge in [-0.05, 0) is 29.9 Å². The van der Waals surface area contributed by atoms with Gasteiger partial charge in [-0.2, -0.15) is 0 Å². The molecule has 0 bridgehead atoms. The van der Waals surface area contributed by atoms with Crippen LogP contribution in [0.2, 0.25) is 0 Å². The summed E-state index contributed by atoms with van der Waals surface area (Å²) in [5.74, 6) is 0. The van der Waals surface area contributed by atoms with E-state index in [0.717, 1.165) is 12.8 Å². The van der Waals surface area contributed by atoms with Gasteiger partial charge in [-0.25, -0.2) is 0 Å². The first kappa shape index (κ1) is 10.4. The second kappa shape index (κ2) is 5.87. The predicted molar refractivity (Wildman–Crippen MR) is 61.0 cm³/mol. The lowest BCUT2D eigenvalue weighted by atomic mass is 10.3. The molecule has 0 saturated carbocycles. The van der Waals surface area contributed by atoms with Crippen LogP contribution in [0.3, 0.4) is 0 Å². The predicted octanol–water partition coefficient (Wildman–Crippen LogP) is 4.48. The van der Waals surface area contributed by atoms with E-state index in [1.165, 1.54) is 9.80 Å². The molecule has 0 saturated heterocycles. The van der Waals surface area contributed by atoms with Crippen LogP contribution in [-0.4, -0.2) is 0 Å². The summed E-state index contributed by atoms with van der Waals surface area (Å²) >= 11 is 1.87. The number of benzene rings is 1. The Morgan fingerprint density at radius 2 is 1.92 bits per heavy atom. The Morgan fingerprint density at radius 1 is 1.23 bits per heavy atom. The zero-order chi connectivity index (χ0) is 9.52. The molecule has 1 aromatic carbocycles. The first-order chi connectivity index (χ1) is 6.36. The monoisotopic (exact) mass is 192 g/mol. The van der Waals surface area contributed by atoms with Crippen LogP contribution in [0.15, 0.2) is 46.2 Å². The molecular weight excluding hydrogens is 176 g/mol. The number of hydrogen-bond donors (Lipinski definition) is 0. The Balaban J connectivity index is 2.62. The minimum Gasteiger partial charge on any atom is -0.0949 e. The van der Waals surface area contributed by atoms with Gasteiger partial charge in [0.25, 0.3) is 0 Å². The van der Waals surface area contributed by atoms with Gasteiger partial charge < -0.3 is 0 Å². The molecule has 1 aromatic rings. The highest BCUT2D eigenvalue weighted by Crippen LogP contribution is 2.28. The fourth-order valence-corrected chi connectivity index (χ4v) is 2.12. The molecule has 0 aliphatic rings. The van der Waals surface area contributed by atoms with Crippen molar-refractivity contribution in [2.45, 2.75) is 31.6 Å². The number of thioether (sulfide) groups is 1. The third kappa shape index (κ3) is 3.69. The highest BCUT2D eigenvalue weighted by molar-refractivity contribution is 8.03. The summed E-state index contributed by atoms with van der Waals surface area (Å²) in [7, 11) is 0. The smallest absolute Gasteiger partial charge is 0.0118 e. The second-order valence-corrected chi connectivity index (χ2v) is 4.05. The van der Waals surface area contributed by atoms with Gasteiger partial charge in [-0.3, -0.25) is 0 Å². The van der Waals surface area contributed by atoms with Gasteiger partial charge in [0.05, 0.1) is 0 Å². The van der Waals surface area contributed by atoms with E-state index in [9.17, 15) is 0 Å². The molecule has 0 fully saturated rings. The molecule has 0 atom stereocenters. The van der Waals surface area contributed by atoms with Crippen LogP contribution in [0.4, 0.5) is 0 Å². The Kier molecular flexibility index (Phi) is 4.69. The first-order valence-corrected chi connectivity index (χ1v) is 5.60. The van der Waals surface area contributed by atoms with E-state index >= 15 is 0 Å². The highest BCUT2D eigenvalue weighted by atomic mass is 32.2. The molecule has 0 spiro atoms. The maximum Gasteiger partial charge on any atom is 0.0118 e. The van der Waals surface area contributed by atoms with Crippen LogP contribution in [0.25, 0.3) is 0 Å². The largest absolute Gasteiger partial charge is 0.0949 e. The highest BCUT2D eigenvalue weighted by Gasteiger charge is 1.96. The molecule has 0 aliphatic heterocycles. The minimum absolute atomic E-state index is 1.13. The topological polar surface area (TPSA) is 0 Å². The third-order valence-electron chi connectivity index (χ3n) is 1.77. The average Bonchev–Trinajstić information content (AvgIpc) is 2.19. The van der Waals surface area contributed by atoms with Gasteiger partial charge >= 0.3 is 0 Å². The summed E-state index contributed by atoms with van der Waals surface area (Å²) in [6, 6.07) is 10.5. The Hall–Kier alpha value is -0.690. The quantitative estimate of drug-likeness (QED) is 0.634. The van der Waals surface area contributed by atoms with Crippen molar-refractivity contribution in [3.05, 3.63) is 41.3 Å². The molecule has 0 N–H and O–H groups in total. The molecule has 1 heteroatoms. The van der Waals surface area contributed by atoms with Crippen molar-refractivity contribution in [1.29, 1.82) is 0 Å². The van der Waals surface area contributed by atoms with E-state index in [1.54, 1.807) is 0 Å². The summed E-state index contributed by atoms with van der Waals surface area (Å²) in [5.41, 5.74) is 0. The maximum absolute atomic E-state index is 2.30. The van der Waals surface area contributed by atoms with E-state index in [1.807, 2.05) is 11.8 Å². The van der Waals surface area contributed by atoms with Gasteiger partial charge in [-0.15, -0.1) is 0 Å². The van der Waals surface area contributed by atoms with Crippen molar-refractivity contribution >= 4 is 11.8 Å². The molecule has 0 heterocycles. The van der Waals surface area contributed by atoms with Crippen LogP contribution in [0.5, 0.6) is 0 Å². The molecule has 13 heavy (non-hydrogen) atoms. The molecule has 0 aliphatic carbocycles. The van der Waals surface area contributed by atoms with Crippen LogP contribution in [0, 0.1) is 0 Å². The zero-order valence-corrected chi connectivity index (χ0v) is 9.10. The van der Waals surface area contributed by atoms with Crippen molar-refractivity contribution < 1.29 is 0 Å². The van der Waals surface area contributed by atoms with Crippen molar-refractivity contribution in [3.8, 4) is 0 Å². The summed E-state index contributed by atoms with van der Waals surface area (Å²) in [6.45, 7) is 4.39. The molecular formula is C12H16S. The minimum atomic E-state index is 1.13. The zero-order valence-electron chi connectivity index (χ0n) is 8.29. The van der Waals surface area contributed by atoms with Crippen LogP contribution in [0.1, 0.15) is 26.7 Å². The third-order valence-corrected chi connectivity index (χ3v) is 3.00. The van der Waals surface area contributed by atoms with Gasteiger partial charge in [0, 0.05) is 4.90 Å². The van der Waals surface area contributed by atoms with Crippen molar-refractivity contribution in [2.24, 2.45) is 0 Å². The SMILES string of the molecule is CC/C=C(\CC)Sc1ccccc1. The van der Waals surface area contributed by atoms with Gasteiger partial charge in [0.15, 0.2) is 0 Å².